The predicted molar refractivity (Wildman–Crippen MR) is 87.7 cm³/mol. The maximum Gasteiger partial charge on any atom is 0.118 e. The lowest BCUT2D eigenvalue weighted by molar-refractivity contribution is 0.0549. The van der Waals surface area contributed by atoms with Crippen LogP contribution in [-0.4, -0.2) is 55.7 Å². The molecule has 0 spiro atoms. The highest BCUT2D eigenvalue weighted by molar-refractivity contribution is 5.30. The number of hydrogen-bond acceptors (Lipinski definition) is 4. The molecule has 4 nitrogen and oxygen atoms in total. The van der Waals surface area contributed by atoms with E-state index in [2.05, 4.69) is 42.8 Å². The minimum atomic E-state index is 0.110. The first-order chi connectivity index (χ1) is 10.1. The Kier molecular flexibility index (Phi) is 5.62. The number of ether oxygens (including phenoxy) is 1. The van der Waals surface area contributed by atoms with Gasteiger partial charge in [0.1, 0.15) is 5.75 Å². The van der Waals surface area contributed by atoms with Crippen LogP contribution in [0.3, 0.4) is 0 Å². The van der Waals surface area contributed by atoms with Crippen LogP contribution >= 0.6 is 0 Å². The zero-order chi connectivity index (χ0) is 15.4. The molecule has 21 heavy (non-hydrogen) atoms. The molecule has 1 fully saturated rings. The van der Waals surface area contributed by atoms with E-state index in [1.54, 1.807) is 7.11 Å². The third-order valence-electron chi connectivity index (χ3n) is 4.63. The van der Waals surface area contributed by atoms with Gasteiger partial charge in [-0.3, -0.25) is 4.90 Å². The third kappa shape index (κ3) is 3.76. The number of piperazine rings is 1. The van der Waals surface area contributed by atoms with Crippen LogP contribution in [0.25, 0.3) is 0 Å². The molecule has 1 aromatic rings. The molecular weight excluding hydrogens is 262 g/mol. The van der Waals surface area contributed by atoms with Crippen LogP contribution in [0, 0.1) is 0 Å². The monoisotopic (exact) mass is 291 g/mol. The number of likely N-dealkylation sites (N-methyl/N-ethyl adjacent to an activating group) is 1. The molecule has 0 saturated carbocycles. The minimum absolute atomic E-state index is 0.110. The van der Waals surface area contributed by atoms with Crippen LogP contribution < -0.4 is 10.5 Å². The van der Waals surface area contributed by atoms with Crippen molar-refractivity contribution in [3.05, 3.63) is 29.8 Å². The Morgan fingerprint density at radius 2 is 1.95 bits per heavy atom. The second kappa shape index (κ2) is 7.25. The average Bonchev–Trinajstić information content (AvgIpc) is 2.49. The van der Waals surface area contributed by atoms with E-state index in [0.29, 0.717) is 6.04 Å². The second-order valence-corrected chi connectivity index (χ2v) is 6.11. The minimum Gasteiger partial charge on any atom is -0.497 e. The summed E-state index contributed by atoms with van der Waals surface area (Å²) in [6.45, 7) is 7.64. The number of nitrogens with two attached hydrogens (primary N) is 1. The fourth-order valence-corrected chi connectivity index (χ4v) is 3.31. The highest BCUT2D eigenvalue weighted by atomic mass is 16.5. The summed E-state index contributed by atoms with van der Waals surface area (Å²) in [6.07, 6.45) is 1.18. The standard InChI is InChI=1S/C17H29N3O/c1-5-15-12-20(11-10-19(15)3)17(13(2)18)14-6-8-16(21-4)9-7-14/h6-9,13,15,17H,5,10-12,18H2,1-4H3. The van der Waals surface area contributed by atoms with Gasteiger partial charge in [0, 0.05) is 37.8 Å². The number of nitrogens with zero attached hydrogens (tertiary/aromatic N) is 2. The van der Waals surface area contributed by atoms with Crippen LogP contribution in [0.4, 0.5) is 0 Å². The van der Waals surface area contributed by atoms with Crippen molar-refractivity contribution >= 4 is 0 Å². The van der Waals surface area contributed by atoms with Crippen molar-refractivity contribution in [2.75, 3.05) is 33.8 Å². The average molecular weight is 291 g/mol. The molecule has 0 amide bonds. The molecule has 1 aromatic carbocycles. The molecule has 1 heterocycles. The fraction of sp³-hybridized carbons (Fsp3) is 0.647. The zero-order valence-corrected chi connectivity index (χ0v) is 13.7. The lowest BCUT2D eigenvalue weighted by Gasteiger charge is -2.44. The van der Waals surface area contributed by atoms with Crippen LogP contribution in [0.1, 0.15) is 31.9 Å². The van der Waals surface area contributed by atoms with Gasteiger partial charge in [-0.1, -0.05) is 19.1 Å². The van der Waals surface area contributed by atoms with Gasteiger partial charge >= 0.3 is 0 Å². The molecular formula is C17H29N3O. The molecule has 0 aliphatic carbocycles. The van der Waals surface area contributed by atoms with Crippen molar-refractivity contribution in [1.29, 1.82) is 0 Å². The number of rotatable bonds is 5. The maximum absolute atomic E-state index is 6.31. The van der Waals surface area contributed by atoms with Crippen molar-refractivity contribution in [1.82, 2.24) is 9.80 Å². The van der Waals surface area contributed by atoms with E-state index in [1.165, 1.54) is 12.0 Å². The van der Waals surface area contributed by atoms with Crippen LogP contribution in [0.15, 0.2) is 24.3 Å². The first-order valence-corrected chi connectivity index (χ1v) is 7.90. The summed E-state index contributed by atoms with van der Waals surface area (Å²) in [7, 11) is 3.92. The second-order valence-electron chi connectivity index (χ2n) is 6.11. The van der Waals surface area contributed by atoms with Crippen LogP contribution in [0.5, 0.6) is 5.75 Å². The number of methoxy groups -OCH3 is 1. The van der Waals surface area contributed by atoms with E-state index in [9.17, 15) is 0 Å². The van der Waals surface area contributed by atoms with Crippen molar-refractivity contribution in [3.63, 3.8) is 0 Å². The number of hydrogen-bond donors (Lipinski definition) is 1. The summed E-state index contributed by atoms with van der Waals surface area (Å²) in [5.41, 5.74) is 7.59. The lowest BCUT2D eigenvalue weighted by atomic mass is 9.96. The smallest absolute Gasteiger partial charge is 0.118 e. The van der Waals surface area contributed by atoms with Crippen LogP contribution in [0.2, 0.25) is 0 Å². The van der Waals surface area contributed by atoms with Crippen molar-refractivity contribution in [2.24, 2.45) is 5.73 Å². The molecule has 3 atom stereocenters. The van der Waals surface area contributed by atoms with E-state index in [1.807, 2.05) is 12.1 Å². The van der Waals surface area contributed by atoms with Gasteiger partial charge in [0.15, 0.2) is 0 Å². The van der Waals surface area contributed by atoms with Crippen molar-refractivity contribution in [2.45, 2.75) is 38.4 Å². The predicted octanol–water partition coefficient (Wildman–Crippen LogP) is 2.11. The van der Waals surface area contributed by atoms with E-state index in [0.717, 1.165) is 25.4 Å². The molecule has 1 aliphatic rings. The largest absolute Gasteiger partial charge is 0.497 e. The summed E-state index contributed by atoms with van der Waals surface area (Å²) in [5.74, 6) is 0.895. The van der Waals surface area contributed by atoms with E-state index in [-0.39, 0.29) is 12.1 Å². The Bertz CT molecular complexity index is 432. The molecule has 2 rings (SSSR count). The molecule has 0 bridgehead atoms. The molecule has 2 N–H and O–H groups in total. The topological polar surface area (TPSA) is 41.7 Å². The van der Waals surface area contributed by atoms with E-state index >= 15 is 0 Å². The summed E-state index contributed by atoms with van der Waals surface area (Å²) < 4.78 is 5.25. The van der Waals surface area contributed by atoms with Gasteiger partial charge in [0.05, 0.1) is 7.11 Å². The molecule has 0 aromatic heterocycles. The molecule has 1 saturated heterocycles. The highest BCUT2D eigenvalue weighted by Crippen LogP contribution is 2.28. The van der Waals surface area contributed by atoms with E-state index < -0.39 is 0 Å². The number of benzene rings is 1. The third-order valence-corrected chi connectivity index (χ3v) is 4.63. The fourth-order valence-electron chi connectivity index (χ4n) is 3.31. The lowest BCUT2D eigenvalue weighted by Crippen LogP contribution is -2.54. The summed E-state index contributed by atoms with van der Waals surface area (Å²) in [6, 6.07) is 9.35. The zero-order valence-electron chi connectivity index (χ0n) is 13.7. The maximum atomic E-state index is 6.31. The Morgan fingerprint density at radius 3 is 2.48 bits per heavy atom. The Labute approximate surface area is 128 Å². The van der Waals surface area contributed by atoms with Crippen LogP contribution in [-0.2, 0) is 0 Å². The molecule has 3 unspecified atom stereocenters. The van der Waals surface area contributed by atoms with Gasteiger partial charge in [-0.15, -0.1) is 0 Å². The Morgan fingerprint density at radius 1 is 1.29 bits per heavy atom. The SMILES string of the molecule is CCC1CN(C(c2ccc(OC)cc2)C(C)N)CCN1C. The molecule has 118 valence electrons. The first kappa shape index (κ1) is 16.3. The van der Waals surface area contributed by atoms with E-state index in [4.69, 9.17) is 10.5 Å². The van der Waals surface area contributed by atoms with Gasteiger partial charge in [-0.05, 0) is 38.1 Å². The van der Waals surface area contributed by atoms with Gasteiger partial charge in [0.25, 0.3) is 0 Å². The Hall–Kier alpha value is -1.10. The van der Waals surface area contributed by atoms with Gasteiger partial charge in [-0.25, -0.2) is 0 Å². The first-order valence-electron chi connectivity index (χ1n) is 7.90. The molecule has 1 aliphatic heterocycles. The summed E-state index contributed by atoms with van der Waals surface area (Å²) in [4.78, 5) is 5.00. The summed E-state index contributed by atoms with van der Waals surface area (Å²) in [5, 5.41) is 0. The van der Waals surface area contributed by atoms with Gasteiger partial charge in [0.2, 0.25) is 0 Å². The quantitative estimate of drug-likeness (QED) is 0.902. The molecule has 4 heteroatoms. The summed E-state index contributed by atoms with van der Waals surface area (Å²) >= 11 is 0. The Balaban J connectivity index is 2.18. The molecule has 0 radical (unpaired) electrons. The normalized spacial score (nSPS) is 23.8. The van der Waals surface area contributed by atoms with Crippen molar-refractivity contribution in [3.8, 4) is 5.75 Å². The van der Waals surface area contributed by atoms with Gasteiger partial charge in [-0.2, -0.15) is 0 Å². The highest BCUT2D eigenvalue weighted by Gasteiger charge is 2.30. The van der Waals surface area contributed by atoms with Gasteiger partial charge < -0.3 is 15.4 Å². The van der Waals surface area contributed by atoms with Crippen molar-refractivity contribution < 1.29 is 4.74 Å².